The van der Waals surface area contributed by atoms with Crippen molar-refractivity contribution in [2.75, 3.05) is 33.0 Å². The maximum atomic E-state index is 11.6. The lowest BCUT2D eigenvalue weighted by atomic mass is 9.99. The number of aliphatic hydroxyl groups is 6. The molecule has 0 bridgehead atoms. The maximum Gasteiger partial charge on any atom is 0.219 e. The van der Waals surface area contributed by atoms with Gasteiger partial charge in [0.1, 0.15) is 30.5 Å². The zero-order chi connectivity index (χ0) is 26.9. The fourth-order valence-electron chi connectivity index (χ4n) is 3.75. The van der Waals surface area contributed by atoms with Gasteiger partial charge in [-0.3, -0.25) is 4.79 Å². The highest BCUT2D eigenvalue weighted by Gasteiger charge is 2.46. The van der Waals surface area contributed by atoms with Crippen LogP contribution in [0.2, 0.25) is 0 Å². The fourth-order valence-corrected chi connectivity index (χ4v) is 3.75. The van der Waals surface area contributed by atoms with E-state index in [4.69, 9.17) is 24.1 Å². The molecule has 214 valence electrons. The third-order valence-electron chi connectivity index (χ3n) is 6.03. The first kappa shape index (κ1) is 33.1. The summed E-state index contributed by atoms with van der Waals surface area (Å²) in [7, 11) is 0. The molecule has 0 aromatic heterocycles. The van der Waals surface area contributed by atoms with Crippen molar-refractivity contribution in [3.63, 3.8) is 0 Å². The van der Waals surface area contributed by atoms with Gasteiger partial charge in [0, 0.05) is 19.6 Å². The van der Waals surface area contributed by atoms with Crippen LogP contribution in [0.1, 0.15) is 65.2 Å². The molecule has 0 aromatic rings. The average molecular weight is 526 g/mol. The number of unbranched alkanes of at least 4 members (excludes halogenated alkanes) is 5. The molecule has 12 heteroatoms. The fraction of sp³-hybridized carbons (Fsp3) is 0.958. The van der Waals surface area contributed by atoms with Crippen LogP contribution in [0.3, 0.4) is 0 Å². The van der Waals surface area contributed by atoms with E-state index in [1.807, 2.05) is 6.92 Å². The number of aliphatic hydroxyl groups excluding tert-OH is 6. The molecule has 0 radical (unpaired) electrons. The zero-order valence-electron chi connectivity index (χ0n) is 21.5. The molecule has 12 nitrogen and oxygen atoms in total. The van der Waals surface area contributed by atoms with Gasteiger partial charge < -0.3 is 54.9 Å². The second-order valence-corrected chi connectivity index (χ2v) is 9.10. The van der Waals surface area contributed by atoms with Crippen LogP contribution < -0.4 is 5.32 Å². The first-order chi connectivity index (χ1) is 17.3. The largest absolute Gasteiger partial charge is 0.394 e. The predicted octanol–water partition coefficient (Wildman–Crippen LogP) is -0.839. The SMILES string of the molecule is CCCNC(=O)CCCCCCCCO[C@@H]1OC(CO)[C@H](O)C(O)[C@@H]1O[C@@H](CO)OC(C)[C@@H](O)CO. The molecule has 0 aliphatic carbocycles. The van der Waals surface area contributed by atoms with Crippen molar-refractivity contribution < 1.29 is 54.4 Å². The maximum absolute atomic E-state index is 11.6. The standard InChI is InChI=1S/C24H47NO11/c1-3-11-25-19(30)10-8-6-4-5-7-9-12-33-24-23(22(32)21(31)18(14-27)35-24)36-20(15-28)34-16(2)17(29)13-26/h16-18,20-24,26-29,31-32H,3-15H2,1-2H3,(H,25,30)/t16?,17-,18?,20-,21-,22?,23-,24+/m0/s1. The quantitative estimate of drug-likeness (QED) is 0.0776. The molecule has 1 fully saturated rings. The summed E-state index contributed by atoms with van der Waals surface area (Å²) in [6, 6.07) is 0. The van der Waals surface area contributed by atoms with Gasteiger partial charge in [-0.25, -0.2) is 0 Å². The van der Waals surface area contributed by atoms with Crippen LogP contribution in [-0.4, -0.2) is 119 Å². The highest BCUT2D eigenvalue weighted by atomic mass is 16.7. The summed E-state index contributed by atoms with van der Waals surface area (Å²) in [6.07, 6.45) is -2.95. The van der Waals surface area contributed by atoms with Crippen LogP contribution in [0, 0.1) is 0 Å². The third-order valence-corrected chi connectivity index (χ3v) is 6.03. The molecule has 1 aliphatic heterocycles. The minimum Gasteiger partial charge on any atom is -0.394 e. The number of ether oxygens (including phenoxy) is 4. The Morgan fingerprint density at radius 1 is 1.00 bits per heavy atom. The summed E-state index contributed by atoms with van der Waals surface area (Å²) in [6.45, 7) is 2.76. The molecular formula is C24H47NO11. The van der Waals surface area contributed by atoms with Crippen LogP contribution in [0.5, 0.6) is 0 Å². The van der Waals surface area contributed by atoms with Gasteiger partial charge in [0.2, 0.25) is 5.91 Å². The van der Waals surface area contributed by atoms with Crippen LogP contribution in [0.25, 0.3) is 0 Å². The van der Waals surface area contributed by atoms with E-state index in [1.54, 1.807) is 0 Å². The summed E-state index contributed by atoms with van der Waals surface area (Å²) < 4.78 is 22.4. The molecular weight excluding hydrogens is 478 g/mol. The van der Waals surface area contributed by atoms with E-state index >= 15 is 0 Å². The number of nitrogens with one attached hydrogen (secondary N) is 1. The normalized spacial score (nSPS) is 26.9. The first-order valence-corrected chi connectivity index (χ1v) is 13.0. The number of rotatable bonds is 20. The van der Waals surface area contributed by atoms with E-state index in [9.17, 15) is 30.3 Å². The van der Waals surface area contributed by atoms with Gasteiger partial charge in [-0.2, -0.15) is 0 Å². The molecule has 1 amide bonds. The molecule has 1 rings (SSSR count). The Bertz CT molecular complexity index is 570. The molecule has 3 unspecified atom stereocenters. The van der Waals surface area contributed by atoms with Crippen LogP contribution in [0.15, 0.2) is 0 Å². The Morgan fingerprint density at radius 3 is 2.28 bits per heavy atom. The van der Waals surface area contributed by atoms with E-state index in [0.29, 0.717) is 19.4 Å². The number of hydrogen-bond donors (Lipinski definition) is 7. The Morgan fingerprint density at radius 2 is 1.67 bits per heavy atom. The lowest BCUT2D eigenvalue weighted by molar-refractivity contribution is -0.341. The predicted molar refractivity (Wildman–Crippen MR) is 129 cm³/mol. The molecule has 1 aliphatic rings. The highest BCUT2D eigenvalue weighted by molar-refractivity contribution is 5.75. The van der Waals surface area contributed by atoms with E-state index in [0.717, 1.165) is 38.5 Å². The number of amides is 1. The van der Waals surface area contributed by atoms with Crippen molar-refractivity contribution in [3.8, 4) is 0 Å². The van der Waals surface area contributed by atoms with Crippen molar-refractivity contribution >= 4 is 5.91 Å². The molecule has 7 N–H and O–H groups in total. The summed E-state index contributed by atoms with van der Waals surface area (Å²) in [5.74, 6) is 0.0934. The molecule has 36 heavy (non-hydrogen) atoms. The van der Waals surface area contributed by atoms with Gasteiger partial charge in [0.15, 0.2) is 12.6 Å². The summed E-state index contributed by atoms with van der Waals surface area (Å²) in [5.41, 5.74) is 0. The van der Waals surface area contributed by atoms with Crippen molar-refractivity contribution in [2.45, 2.75) is 114 Å². The minimum absolute atomic E-state index is 0.0934. The second kappa shape index (κ2) is 19.2. The van der Waals surface area contributed by atoms with Crippen LogP contribution >= 0.6 is 0 Å². The number of carbonyl (C=O) groups is 1. The van der Waals surface area contributed by atoms with E-state index in [2.05, 4.69) is 5.32 Å². The average Bonchev–Trinajstić information content (AvgIpc) is 2.88. The van der Waals surface area contributed by atoms with Crippen molar-refractivity contribution in [1.82, 2.24) is 5.32 Å². The van der Waals surface area contributed by atoms with Crippen molar-refractivity contribution in [3.05, 3.63) is 0 Å². The number of carbonyl (C=O) groups excluding carboxylic acids is 1. The smallest absolute Gasteiger partial charge is 0.219 e. The zero-order valence-corrected chi connectivity index (χ0v) is 21.5. The van der Waals surface area contributed by atoms with Gasteiger partial charge in [-0.1, -0.05) is 32.6 Å². The Balaban J connectivity index is 2.47. The topological polar surface area (TPSA) is 187 Å². The highest BCUT2D eigenvalue weighted by Crippen LogP contribution is 2.26. The molecule has 0 spiro atoms. The van der Waals surface area contributed by atoms with Crippen LogP contribution in [0.4, 0.5) is 0 Å². The molecule has 1 saturated heterocycles. The molecule has 1 heterocycles. The summed E-state index contributed by atoms with van der Waals surface area (Å²) in [4.78, 5) is 11.6. The first-order valence-electron chi connectivity index (χ1n) is 13.0. The van der Waals surface area contributed by atoms with Gasteiger partial charge in [-0.05, 0) is 26.2 Å². The van der Waals surface area contributed by atoms with Crippen molar-refractivity contribution in [2.24, 2.45) is 0 Å². The Labute approximate surface area is 213 Å². The summed E-state index contributed by atoms with van der Waals surface area (Å²) in [5, 5.41) is 61.5. The molecule has 0 aromatic carbocycles. The molecule has 0 saturated carbocycles. The van der Waals surface area contributed by atoms with Gasteiger partial charge in [0.05, 0.1) is 25.9 Å². The van der Waals surface area contributed by atoms with Gasteiger partial charge in [0.25, 0.3) is 0 Å². The molecule has 8 atom stereocenters. The van der Waals surface area contributed by atoms with Crippen molar-refractivity contribution in [1.29, 1.82) is 0 Å². The van der Waals surface area contributed by atoms with Crippen LogP contribution in [-0.2, 0) is 23.7 Å². The lowest BCUT2D eigenvalue weighted by Crippen LogP contribution is -2.61. The van der Waals surface area contributed by atoms with E-state index < -0.39 is 69.0 Å². The third kappa shape index (κ3) is 12.1. The van der Waals surface area contributed by atoms with Gasteiger partial charge >= 0.3 is 0 Å². The Kier molecular flexibility index (Phi) is 17.6. The Hall–Kier alpha value is -0.930. The monoisotopic (exact) mass is 525 g/mol. The second-order valence-electron chi connectivity index (χ2n) is 9.10. The van der Waals surface area contributed by atoms with E-state index in [-0.39, 0.29) is 12.5 Å². The summed E-state index contributed by atoms with van der Waals surface area (Å²) >= 11 is 0. The lowest BCUT2D eigenvalue weighted by Gasteiger charge is -2.42. The van der Waals surface area contributed by atoms with E-state index in [1.165, 1.54) is 6.92 Å². The van der Waals surface area contributed by atoms with Gasteiger partial charge in [-0.15, -0.1) is 0 Å². The number of hydrogen-bond acceptors (Lipinski definition) is 11. The minimum atomic E-state index is -1.49.